The molecule has 3 heterocycles. The number of nitrogens with one attached hydrogen (secondary N) is 1. The number of aromatic nitrogens is 4. The molecular formula is C17H24N6O. The number of hydrogen-bond donors (Lipinski definition) is 1. The van der Waals surface area contributed by atoms with Crippen LogP contribution in [0.2, 0.25) is 0 Å². The number of anilines is 2. The fraction of sp³-hybridized carbons (Fsp3) is 0.529. The summed E-state index contributed by atoms with van der Waals surface area (Å²) in [6, 6.07) is 6.18. The van der Waals surface area contributed by atoms with Gasteiger partial charge in [0.15, 0.2) is 0 Å². The Hall–Kier alpha value is -2.44. The molecule has 7 heteroatoms. The summed E-state index contributed by atoms with van der Waals surface area (Å²) in [5, 5.41) is 3.30. The van der Waals surface area contributed by atoms with E-state index in [0.29, 0.717) is 17.9 Å². The van der Waals surface area contributed by atoms with Gasteiger partial charge in [0.05, 0.1) is 18.8 Å². The molecule has 0 amide bonds. The third kappa shape index (κ3) is 4.10. The number of hydrogen-bond acceptors (Lipinski definition) is 7. The summed E-state index contributed by atoms with van der Waals surface area (Å²) < 4.78 is 5.26. The van der Waals surface area contributed by atoms with E-state index < -0.39 is 0 Å². The highest BCUT2D eigenvalue weighted by Gasteiger charge is 2.17. The summed E-state index contributed by atoms with van der Waals surface area (Å²) in [7, 11) is 1.58. The van der Waals surface area contributed by atoms with Gasteiger partial charge in [-0.1, -0.05) is 18.9 Å². The minimum Gasteiger partial charge on any atom is -0.467 e. The quantitative estimate of drug-likeness (QED) is 0.904. The van der Waals surface area contributed by atoms with Crippen LogP contribution in [0.25, 0.3) is 0 Å². The predicted octanol–water partition coefficient (Wildman–Crippen LogP) is 2.83. The van der Waals surface area contributed by atoms with Crippen LogP contribution in [0, 0.1) is 0 Å². The molecule has 0 aliphatic carbocycles. The summed E-state index contributed by atoms with van der Waals surface area (Å²) in [6.45, 7) is 3.98. The molecule has 0 saturated carbocycles. The van der Waals surface area contributed by atoms with Crippen molar-refractivity contribution < 1.29 is 4.74 Å². The van der Waals surface area contributed by atoms with Crippen molar-refractivity contribution in [1.82, 2.24) is 19.9 Å². The zero-order valence-corrected chi connectivity index (χ0v) is 14.3. The van der Waals surface area contributed by atoms with Gasteiger partial charge in [-0.25, -0.2) is 0 Å². The van der Waals surface area contributed by atoms with Crippen LogP contribution in [0.3, 0.4) is 0 Å². The summed E-state index contributed by atoms with van der Waals surface area (Å²) in [5.74, 6) is 1.19. The monoisotopic (exact) mass is 328 g/mol. The Morgan fingerprint density at radius 3 is 2.54 bits per heavy atom. The van der Waals surface area contributed by atoms with Gasteiger partial charge in [0, 0.05) is 19.3 Å². The second-order valence-corrected chi connectivity index (χ2v) is 5.97. The Balaban J connectivity index is 1.80. The molecule has 3 rings (SSSR count). The van der Waals surface area contributed by atoms with Gasteiger partial charge in [-0.05, 0) is 31.9 Å². The van der Waals surface area contributed by atoms with Crippen LogP contribution in [-0.2, 0) is 0 Å². The maximum Gasteiger partial charge on any atom is 0.322 e. The molecule has 0 unspecified atom stereocenters. The zero-order valence-electron chi connectivity index (χ0n) is 14.3. The molecule has 24 heavy (non-hydrogen) atoms. The van der Waals surface area contributed by atoms with Crippen LogP contribution in [0.4, 0.5) is 11.9 Å². The lowest BCUT2D eigenvalue weighted by Crippen LogP contribution is -2.27. The van der Waals surface area contributed by atoms with E-state index in [1.807, 2.05) is 25.1 Å². The number of pyridine rings is 1. The fourth-order valence-electron chi connectivity index (χ4n) is 2.81. The summed E-state index contributed by atoms with van der Waals surface area (Å²) >= 11 is 0. The van der Waals surface area contributed by atoms with Crippen LogP contribution in [0.5, 0.6) is 6.01 Å². The van der Waals surface area contributed by atoms with Crippen LogP contribution < -0.4 is 15.0 Å². The summed E-state index contributed by atoms with van der Waals surface area (Å²) in [6.07, 6.45) is 6.65. The Bertz CT molecular complexity index is 643. The Labute approximate surface area is 142 Å². The van der Waals surface area contributed by atoms with Crippen LogP contribution >= 0.6 is 0 Å². The SMILES string of the molecule is COc1nc(N[C@@H](C)c2ccccn2)nc(N2CCCCCC2)n1. The standard InChI is InChI=1S/C17H24N6O/c1-13(14-9-5-6-10-18-14)19-15-20-16(22-17(21-15)24-2)23-11-7-3-4-8-12-23/h5-6,9-10,13H,3-4,7-8,11-12H2,1-2H3,(H,19,20,21,22)/t13-/m0/s1. The Morgan fingerprint density at radius 2 is 1.88 bits per heavy atom. The highest BCUT2D eigenvalue weighted by Crippen LogP contribution is 2.21. The lowest BCUT2D eigenvalue weighted by molar-refractivity contribution is 0.378. The fourth-order valence-corrected chi connectivity index (χ4v) is 2.81. The second-order valence-electron chi connectivity index (χ2n) is 5.97. The molecule has 0 aromatic carbocycles. The van der Waals surface area contributed by atoms with E-state index >= 15 is 0 Å². The molecule has 0 bridgehead atoms. The molecule has 1 N–H and O–H groups in total. The Morgan fingerprint density at radius 1 is 1.08 bits per heavy atom. The highest BCUT2D eigenvalue weighted by atomic mass is 16.5. The first kappa shape index (κ1) is 16.4. The van der Waals surface area contributed by atoms with Gasteiger partial charge < -0.3 is 15.0 Å². The molecule has 1 aliphatic rings. The summed E-state index contributed by atoms with van der Waals surface area (Å²) in [4.78, 5) is 19.9. The van der Waals surface area contributed by atoms with Gasteiger partial charge in [0.2, 0.25) is 11.9 Å². The maximum absolute atomic E-state index is 5.26. The van der Waals surface area contributed by atoms with E-state index in [1.165, 1.54) is 25.7 Å². The van der Waals surface area contributed by atoms with Gasteiger partial charge in [0.25, 0.3) is 0 Å². The minimum absolute atomic E-state index is 0.00436. The first-order valence-electron chi connectivity index (χ1n) is 8.49. The predicted molar refractivity (Wildman–Crippen MR) is 93.3 cm³/mol. The lowest BCUT2D eigenvalue weighted by Gasteiger charge is -2.21. The highest BCUT2D eigenvalue weighted by molar-refractivity contribution is 5.39. The van der Waals surface area contributed by atoms with Crippen molar-refractivity contribution in [3.05, 3.63) is 30.1 Å². The van der Waals surface area contributed by atoms with Gasteiger partial charge in [-0.3, -0.25) is 4.98 Å². The van der Waals surface area contributed by atoms with Gasteiger partial charge in [-0.15, -0.1) is 0 Å². The molecular weight excluding hydrogens is 304 g/mol. The van der Waals surface area contributed by atoms with Crippen LogP contribution in [0.15, 0.2) is 24.4 Å². The molecule has 1 saturated heterocycles. The molecule has 0 radical (unpaired) electrons. The van der Waals surface area contributed by atoms with Crippen molar-refractivity contribution >= 4 is 11.9 Å². The van der Waals surface area contributed by atoms with Gasteiger partial charge in [0.1, 0.15) is 0 Å². The molecule has 7 nitrogen and oxygen atoms in total. The minimum atomic E-state index is -0.00436. The first-order valence-corrected chi connectivity index (χ1v) is 8.49. The molecule has 1 aliphatic heterocycles. The molecule has 2 aromatic heterocycles. The van der Waals surface area contributed by atoms with E-state index in [-0.39, 0.29) is 6.04 Å². The molecule has 2 aromatic rings. The number of methoxy groups -OCH3 is 1. The van der Waals surface area contributed by atoms with Crippen LogP contribution in [-0.4, -0.2) is 40.1 Å². The van der Waals surface area contributed by atoms with Crippen molar-refractivity contribution in [2.45, 2.75) is 38.6 Å². The number of nitrogens with zero attached hydrogens (tertiary/aromatic N) is 5. The smallest absolute Gasteiger partial charge is 0.322 e. The normalized spacial score (nSPS) is 16.3. The topological polar surface area (TPSA) is 76.1 Å². The van der Waals surface area contributed by atoms with Crippen molar-refractivity contribution in [3.63, 3.8) is 0 Å². The van der Waals surface area contributed by atoms with E-state index in [0.717, 1.165) is 18.8 Å². The van der Waals surface area contributed by atoms with Gasteiger partial charge >= 0.3 is 6.01 Å². The van der Waals surface area contributed by atoms with E-state index in [4.69, 9.17) is 4.74 Å². The van der Waals surface area contributed by atoms with E-state index in [1.54, 1.807) is 13.3 Å². The van der Waals surface area contributed by atoms with Crippen molar-refractivity contribution in [2.75, 3.05) is 30.4 Å². The molecule has 1 atom stereocenters. The second kappa shape index (κ2) is 7.90. The van der Waals surface area contributed by atoms with E-state index in [2.05, 4.69) is 30.2 Å². The average molecular weight is 328 g/mol. The van der Waals surface area contributed by atoms with Crippen LogP contribution in [0.1, 0.15) is 44.3 Å². The molecule has 0 spiro atoms. The lowest BCUT2D eigenvalue weighted by atomic mass is 10.2. The average Bonchev–Trinajstić information content (AvgIpc) is 2.91. The summed E-state index contributed by atoms with van der Waals surface area (Å²) in [5.41, 5.74) is 0.938. The Kier molecular flexibility index (Phi) is 5.40. The third-order valence-corrected chi connectivity index (χ3v) is 4.15. The first-order chi connectivity index (χ1) is 11.8. The zero-order chi connectivity index (χ0) is 16.8. The number of rotatable bonds is 5. The van der Waals surface area contributed by atoms with E-state index in [9.17, 15) is 0 Å². The molecule has 1 fully saturated rings. The van der Waals surface area contributed by atoms with Gasteiger partial charge in [-0.2, -0.15) is 15.0 Å². The maximum atomic E-state index is 5.26. The van der Waals surface area contributed by atoms with Crippen molar-refractivity contribution in [1.29, 1.82) is 0 Å². The third-order valence-electron chi connectivity index (χ3n) is 4.15. The van der Waals surface area contributed by atoms with Crippen molar-refractivity contribution in [3.8, 4) is 6.01 Å². The molecule has 128 valence electrons. The number of ether oxygens (including phenoxy) is 1. The van der Waals surface area contributed by atoms with Crippen molar-refractivity contribution in [2.24, 2.45) is 0 Å². The largest absolute Gasteiger partial charge is 0.467 e.